The first-order valence-electron chi connectivity index (χ1n) is 9.35. The summed E-state index contributed by atoms with van der Waals surface area (Å²) in [5.41, 5.74) is 1.51. The summed E-state index contributed by atoms with van der Waals surface area (Å²) in [7, 11) is -3.46. The largest absolute Gasteiger partial charge is 0.345 e. The second kappa shape index (κ2) is 8.23. The molecule has 144 valence electrons. The van der Waals surface area contributed by atoms with Gasteiger partial charge < -0.3 is 5.32 Å². The number of hydrogen-bond acceptors (Lipinski definition) is 3. The fourth-order valence-corrected chi connectivity index (χ4v) is 4.89. The summed E-state index contributed by atoms with van der Waals surface area (Å²) in [6.45, 7) is 5.25. The van der Waals surface area contributed by atoms with Crippen LogP contribution in [0.5, 0.6) is 0 Å². The molecule has 2 aromatic carbocycles. The van der Waals surface area contributed by atoms with Crippen LogP contribution in [0.1, 0.15) is 48.7 Å². The van der Waals surface area contributed by atoms with E-state index in [0.29, 0.717) is 18.7 Å². The van der Waals surface area contributed by atoms with Crippen LogP contribution in [0.3, 0.4) is 0 Å². The Labute approximate surface area is 161 Å². The van der Waals surface area contributed by atoms with Gasteiger partial charge in [0, 0.05) is 18.7 Å². The van der Waals surface area contributed by atoms with E-state index < -0.39 is 10.0 Å². The van der Waals surface area contributed by atoms with E-state index in [9.17, 15) is 13.2 Å². The average molecular weight is 387 g/mol. The Hall–Kier alpha value is -2.18. The normalized spacial score (nSPS) is 16.4. The number of carbonyl (C=O) groups is 1. The van der Waals surface area contributed by atoms with Gasteiger partial charge in [-0.05, 0) is 48.6 Å². The lowest BCUT2D eigenvalue weighted by atomic mass is 9.95. The van der Waals surface area contributed by atoms with Crippen molar-refractivity contribution < 1.29 is 13.2 Å². The Kier molecular flexibility index (Phi) is 5.97. The van der Waals surface area contributed by atoms with E-state index in [4.69, 9.17) is 0 Å². The molecular weight excluding hydrogens is 360 g/mol. The summed E-state index contributed by atoms with van der Waals surface area (Å²) in [5, 5.41) is 3.06. The molecule has 1 aliphatic heterocycles. The summed E-state index contributed by atoms with van der Waals surface area (Å²) >= 11 is 0. The van der Waals surface area contributed by atoms with Gasteiger partial charge in [-0.3, -0.25) is 4.79 Å². The number of rotatable bonds is 6. The monoisotopic (exact) mass is 386 g/mol. The number of hydrogen-bond donors (Lipinski definition) is 1. The molecular formula is C21H26N2O3S. The predicted octanol–water partition coefficient (Wildman–Crippen LogP) is 3.60. The van der Waals surface area contributed by atoms with Crippen LogP contribution in [0.15, 0.2) is 59.5 Å². The molecule has 0 aromatic heterocycles. The number of nitrogens with one attached hydrogen (secondary N) is 1. The molecule has 0 aliphatic carbocycles. The van der Waals surface area contributed by atoms with Gasteiger partial charge in [0.05, 0.1) is 10.9 Å². The Balaban J connectivity index is 1.75. The lowest BCUT2D eigenvalue weighted by Gasteiger charge is -2.23. The standard InChI is InChI=1S/C21H26N2O3S/c1-16(2)20(17-8-4-3-5-9-17)22-21(24)18-10-12-19(13-11-18)27(25,26)23-14-6-7-15-23/h3-5,8-13,16,20H,6-7,14-15H2,1-2H3,(H,22,24)/t20-/m0/s1. The van der Waals surface area contributed by atoms with Crippen LogP contribution in [0.2, 0.25) is 0 Å². The molecule has 0 spiro atoms. The van der Waals surface area contributed by atoms with E-state index in [2.05, 4.69) is 19.2 Å². The second-order valence-electron chi connectivity index (χ2n) is 7.24. The molecule has 6 heteroatoms. The lowest BCUT2D eigenvalue weighted by molar-refractivity contribution is 0.0925. The molecule has 0 saturated carbocycles. The molecule has 1 amide bonds. The average Bonchev–Trinajstić information content (AvgIpc) is 3.22. The number of benzene rings is 2. The first-order chi connectivity index (χ1) is 12.9. The van der Waals surface area contributed by atoms with Gasteiger partial charge in [0.2, 0.25) is 10.0 Å². The van der Waals surface area contributed by atoms with E-state index in [1.54, 1.807) is 12.1 Å². The van der Waals surface area contributed by atoms with Crippen LogP contribution in [0.25, 0.3) is 0 Å². The molecule has 1 fully saturated rings. The van der Waals surface area contributed by atoms with Crippen LogP contribution < -0.4 is 5.32 Å². The second-order valence-corrected chi connectivity index (χ2v) is 9.18. The van der Waals surface area contributed by atoms with E-state index in [0.717, 1.165) is 18.4 Å². The molecule has 1 heterocycles. The minimum atomic E-state index is -3.46. The highest BCUT2D eigenvalue weighted by Gasteiger charge is 2.27. The Bertz CT molecular complexity index is 871. The van der Waals surface area contributed by atoms with Gasteiger partial charge in [0.1, 0.15) is 0 Å². The highest BCUT2D eigenvalue weighted by atomic mass is 32.2. The van der Waals surface area contributed by atoms with Gasteiger partial charge >= 0.3 is 0 Å². The summed E-state index contributed by atoms with van der Waals surface area (Å²) in [5.74, 6) is 0.0221. The molecule has 1 aliphatic rings. The topological polar surface area (TPSA) is 66.5 Å². The highest BCUT2D eigenvalue weighted by Crippen LogP contribution is 2.23. The summed E-state index contributed by atoms with van der Waals surface area (Å²) in [4.78, 5) is 12.9. The molecule has 0 radical (unpaired) electrons. The number of carbonyl (C=O) groups excluding carboxylic acids is 1. The van der Waals surface area contributed by atoms with Crippen LogP contribution in [-0.2, 0) is 10.0 Å². The Morgan fingerprint density at radius 2 is 1.56 bits per heavy atom. The summed E-state index contributed by atoms with van der Waals surface area (Å²) in [6, 6.07) is 16.0. The maximum Gasteiger partial charge on any atom is 0.251 e. The van der Waals surface area contributed by atoms with Crippen molar-refractivity contribution in [2.24, 2.45) is 5.92 Å². The number of nitrogens with zero attached hydrogens (tertiary/aromatic N) is 1. The molecule has 2 aromatic rings. The van der Waals surface area contributed by atoms with Crippen molar-refractivity contribution in [3.8, 4) is 0 Å². The zero-order valence-electron chi connectivity index (χ0n) is 15.8. The van der Waals surface area contributed by atoms with Crippen LogP contribution in [0, 0.1) is 5.92 Å². The molecule has 0 bridgehead atoms. The van der Waals surface area contributed by atoms with Crippen molar-refractivity contribution in [1.29, 1.82) is 0 Å². The van der Waals surface area contributed by atoms with Crippen molar-refractivity contribution in [2.45, 2.75) is 37.6 Å². The fraction of sp³-hybridized carbons (Fsp3) is 0.381. The smallest absolute Gasteiger partial charge is 0.251 e. The van der Waals surface area contributed by atoms with E-state index in [1.807, 2.05) is 30.3 Å². The van der Waals surface area contributed by atoms with Crippen molar-refractivity contribution in [1.82, 2.24) is 9.62 Å². The maximum atomic E-state index is 12.7. The number of sulfonamides is 1. The highest BCUT2D eigenvalue weighted by molar-refractivity contribution is 7.89. The van der Waals surface area contributed by atoms with Crippen molar-refractivity contribution >= 4 is 15.9 Å². The van der Waals surface area contributed by atoms with E-state index in [-0.39, 0.29) is 22.8 Å². The first kappa shape index (κ1) is 19.6. The Morgan fingerprint density at radius 3 is 2.11 bits per heavy atom. The zero-order chi connectivity index (χ0) is 19.4. The SMILES string of the molecule is CC(C)[C@H](NC(=O)c1ccc(S(=O)(=O)N2CCCC2)cc1)c1ccccc1. The third-order valence-corrected chi connectivity index (χ3v) is 6.84. The minimum Gasteiger partial charge on any atom is -0.345 e. The van der Waals surface area contributed by atoms with Crippen molar-refractivity contribution in [3.63, 3.8) is 0 Å². The minimum absolute atomic E-state index is 0.105. The van der Waals surface area contributed by atoms with Crippen molar-refractivity contribution in [2.75, 3.05) is 13.1 Å². The van der Waals surface area contributed by atoms with Gasteiger partial charge in [-0.15, -0.1) is 0 Å². The van der Waals surface area contributed by atoms with Gasteiger partial charge in [-0.2, -0.15) is 4.31 Å². The zero-order valence-corrected chi connectivity index (χ0v) is 16.6. The molecule has 1 atom stereocenters. The fourth-order valence-electron chi connectivity index (χ4n) is 3.38. The third-order valence-electron chi connectivity index (χ3n) is 4.93. The van der Waals surface area contributed by atoms with Crippen LogP contribution in [0.4, 0.5) is 0 Å². The lowest BCUT2D eigenvalue weighted by Crippen LogP contribution is -2.32. The first-order valence-corrected chi connectivity index (χ1v) is 10.8. The number of amides is 1. The van der Waals surface area contributed by atoms with Crippen LogP contribution in [-0.4, -0.2) is 31.7 Å². The Morgan fingerprint density at radius 1 is 0.963 bits per heavy atom. The maximum absolute atomic E-state index is 12.7. The molecule has 1 saturated heterocycles. The molecule has 3 rings (SSSR count). The summed E-state index contributed by atoms with van der Waals surface area (Å²) < 4.78 is 26.7. The van der Waals surface area contributed by atoms with Gasteiger partial charge in [0.15, 0.2) is 0 Å². The van der Waals surface area contributed by atoms with E-state index in [1.165, 1.54) is 16.4 Å². The van der Waals surface area contributed by atoms with Crippen molar-refractivity contribution in [3.05, 3.63) is 65.7 Å². The molecule has 1 N–H and O–H groups in total. The predicted molar refractivity (Wildman–Crippen MR) is 106 cm³/mol. The molecule has 5 nitrogen and oxygen atoms in total. The summed E-state index contributed by atoms with van der Waals surface area (Å²) in [6.07, 6.45) is 1.80. The van der Waals surface area contributed by atoms with Gasteiger partial charge in [-0.25, -0.2) is 8.42 Å². The third kappa shape index (κ3) is 4.39. The van der Waals surface area contributed by atoms with E-state index >= 15 is 0 Å². The quantitative estimate of drug-likeness (QED) is 0.825. The van der Waals surface area contributed by atoms with Gasteiger partial charge in [-0.1, -0.05) is 44.2 Å². The molecule has 27 heavy (non-hydrogen) atoms. The molecule has 0 unspecified atom stereocenters. The van der Waals surface area contributed by atoms with Gasteiger partial charge in [0.25, 0.3) is 5.91 Å². The van der Waals surface area contributed by atoms with Crippen LogP contribution >= 0.6 is 0 Å².